The molecule has 2 aromatic heterocycles. The zero-order valence-corrected chi connectivity index (χ0v) is 10.4. The number of rotatable bonds is 3. The number of aromatic nitrogens is 2. The molecule has 0 bridgehead atoms. The molecule has 4 heteroatoms. The van der Waals surface area contributed by atoms with Gasteiger partial charge in [-0.05, 0) is 30.3 Å². The van der Waals surface area contributed by atoms with Crippen molar-refractivity contribution in [1.29, 1.82) is 0 Å². The van der Waals surface area contributed by atoms with Crippen LogP contribution in [0.3, 0.4) is 0 Å². The number of nitrogens with zero attached hydrogens (tertiary/aromatic N) is 2. The third-order valence-corrected chi connectivity index (χ3v) is 2.77. The average Bonchev–Trinajstić information content (AvgIpc) is 2.98. The summed E-state index contributed by atoms with van der Waals surface area (Å²) in [5.41, 5.74) is 1.79. The van der Waals surface area contributed by atoms with Gasteiger partial charge >= 0.3 is 0 Å². The van der Waals surface area contributed by atoms with Crippen LogP contribution in [0.5, 0.6) is 5.75 Å². The fraction of sp³-hybridized carbons (Fsp3) is 0.0667. The van der Waals surface area contributed by atoms with Gasteiger partial charge in [0.15, 0.2) is 5.76 Å². The van der Waals surface area contributed by atoms with Gasteiger partial charge in [0, 0.05) is 23.5 Å². The minimum atomic E-state index is 0.567. The van der Waals surface area contributed by atoms with Crippen LogP contribution in [0.4, 0.5) is 0 Å². The lowest BCUT2D eigenvalue weighted by atomic mass is 10.2. The molecule has 0 saturated carbocycles. The molecule has 0 N–H and O–H groups in total. The summed E-state index contributed by atoms with van der Waals surface area (Å²) >= 11 is 0. The normalized spacial score (nSPS) is 10.4. The number of benzene rings is 1. The summed E-state index contributed by atoms with van der Waals surface area (Å²) in [6, 6.07) is 11.4. The zero-order chi connectivity index (χ0) is 13.1. The summed E-state index contributed by atoms with van der Waals surface area (Å²) < 4.78 is 10.9. The molecule has 2 heterocycles. The summed E-state index contributed by atoms with van der Waals surface area (Å²) in [5, 5.41) is 0. The Morgan fingerprint density at radius 3 is 2.74 bits per heavy atom. The van der Waals surface area contributed by atoms with Crippen LogP contribution >= 0.6 is 0 Å². The second kappa shape index (κ2) is 4.94. The molecule has 0 radical (unpaired) electrons. The number of hydrogen-bond acceptors (Lipinski definition) is 4. The molecule has 0 fully saturated rings. The van der Waals surface area contributed by atoms with Crippen LogP contribution in [-0.2, 0) is 0 Å². The predicted molar refractivity (Wildman–Crippen MR) is 71.7 cm³/mol. The van der Waals surface area contributed by atoms with Gasteiger partial charge < -0.3 is 9.15 Å². The molecule has 4 nitrogen and oxygen atoms in total. The van der Waals surface area contributed by atoms with Crippen molar-refractivity contribution in [2.45, 2.75) is 0 Å². The van der Waals surface area contributed by atoms with Crippen LogP contribution in [0.2, 0.25) is 0 Å². The van der Waals surface area contributed by atoms with Crippen molar-refractivity contribution < 1.29 is 9.15 Å². The molecule has 0 aliphatic rings. The Morgan fingerprint density at radius 1 is 1.05 bits per heavy atom. The van der Waals surface area contributed by atoms with Gasteiger partial charge in [-0.1, -0.05) is 6.07 Å². The standard InChI is InChI=1S/C15H12N2O2/c1-18-13-6-2-4-11(8-13)15-17-10-14(19-15)12-5-3-7-16-9-12/h2-10H,1H3. The zero-order valence-electron chi connectivity index (χ0n) is 10.4. The Hall–Kier alpha value is -2.62. The molecule has 0 amide bonds. The van der Waals surface area contributed by atoms with Crippen LogP contribution < -0.4 is 4.74 Å². The lowest BCUT2D eigenvalue weighted by molar-refractivity contribution is 0.415. The maximum Gasteiger partial charge on any atom is 0.226 e. The SMILES string of the molecule is COc1cccc(-c2ncc(-c3cccnc3)o2)c1. The number of ether oxygens (including phenoxy) is 1. The third kappa shape index (κ3) is 2.33. The third-order valence-electron chi connectivity index (χ3n) is 2.77. The number of methoxy groups -OCH3 is 1. The Labute approximate surface area is 110 Å². The molecule has 1 aromatic carbocycles. The molecule has 0 aliphatic heterocycles. The Bertz CT molecular complexity index is 677. The van der Waals surface area contributed by atoms with Crippen molar-refractivity contribution in [3.8, 4) is 28.5 Å². The van der Waals surface area contributed by atoms with E-state index in [9.17, 15) is 0 Å². The first-order chi connectivity index (χ1) is 9.36. The molecular weight excluding hydrogens is 240 g/mol. The van der Waals surface area contributed by atoms with Gasteiger partial charge in [-0.15, -0.1) is 0 Å². The van der Waals surface area contributed by atoms with E-state index >= 15 is 0 Å². The lowest BCUT2D eigenvalue weighted by Gasteiger charge is -2.00. The van der Waals surface area contributed by atoms with E-state index in [1.165, 1.54) is 0 Å². The monoisotopic (exact) mass is 252 g/mol. The van der Waals surface area contributed by atoms with Gasteiger partial charge in [-0.3, -0.25) is 4.98 Å². The van der Waals surface area contributed by atoms with Gasteiger partial charge in [-0.25, -0.2) is 4.98 Å². The average molecular weight is 252 g/mol. The largest absolute Gasteiger partial charge is 0.497 e. The summed E-state index contributed by atoms with van der Waals surface area (Å²) in [6.45, 7) is 0. The molecule has 0 saturated heterocycles. The fourth-order valence-electron chi connectivity index (χ4n) is 1.81. The highest BCUT2D eigenvalue weighted by molar-refractivity contribution is 5.61. The Balaban J connectivity index is 1.97. The summed E-state index contributed by atoms with van der Waals surface area (Å²) in [5.74, 6) is 2.04. The van der Waals surface area contributed by atoms with E-state index in [0.29, 0.717) is 11.7 Å². The first kappa shape index (κ1) is 11.5. The second-order valence-corrected chi connectivity index (χ2v) is 4.00. The van der Waals surface area contributed by atoms with Gasteiger partial charge in [0.25, 0.3) is 0 Å². The fourth-order valence-corrected chi connectivity index (χ4v) is 1.81. The van der Waals surface area contributed by atoms with E-state index in [1.54, 1.807) is 25.7 Å². The van der Waals surface area contributed by atoms with Crippen LogP contribution in [0, 0.1) is 0 Å². The van der Waals surface area contributed by atoms with E-state index in [4.69, 9.17) is 9.15 Å². The van der Waals surface area contributed by atoms with Crippen molar-refractivity contribution >= 4 is 0 Å². The predicted octanol–water partition coefficient (Wildman–Crippen LogP) is 3.41. The van der Waals surface area contributed by atoms with Crippen molar-refractivity contribution in [3.63, 3.8) is 0 Å². The van der Waals surface area contributed by atoms with E-state index in [-0.39, 0.29) is 0 Å². The Morgan fingerprint density at radius 2 is 1.95 bits per heavy atom. The minimum Gasteiger partial charge on any atom is -0.497 e. The lowest BCUT2D eigenvalue weighted by Crippen LogP contribution is -1.83. The first-order valence-corrected chi connectivity index (χ1v) is 5.87. The summed E-state index contributed by atoms with van der Waals surface area (Å²) in [7, 11) is 1.63. The maximum absolute atomic E-state index is 5.75. The van der Waals surface area contributed by atoms with Gasteiger partial charge in [0.2, 0.25) is 5.89 Å². The van der Waals surface area contributed by atoms with Gasteiger partial charge in [0.05, 0.1) is 13.3 Å². The molecule has 0 atom stereocenters. The maximum atomic E-state index is 5.75. The molecule has 0 spiro atoms. The highest BCUT2D eigenvalue weighted by Gasteiger charge is 2.09. The van der Waals surface area contributed by atoms with Crippen LogP contribution in [0.15, 0.2) is 59.4 Å². The first-order valence-electron chi connectivity index (χ1n) is 5.87. The summed E-state index contributed by atoms with van der Waals surface area (Å²) in [4.78, 5) is 8.35. The van der Waals surface area contributed by atoms with Gasteiger partial charge in [-0.2, -0.15) is 0 Å². The smallest absolute Gasteiger partial charge is 0.226 e. The molecule has 0 unspecified atom stereocenters. The van der Waals surface area contributed by atoms with E-state index in [1.807, 2.05) is 36.4 Å². The van der Waals surface area contributed by atoms with Crippen LogP contribution in [0.25, 0.3) is 22.8 Å². The molecule has 0 aliphatic carbocycles. The number of hydrogen-bond donors (Lipinski definition) is 0. The van der Waals surface area contributed by atoms with E-state index in [2.05, 4.69) is 9.97 Å². The highest BCUT2D eigenvalue weighted by Crippen LogP contribution is 2.27. The van der Waals surface area contributed by atoms with E-state index < -0.39 is 0 Å². The number of pyridine rings is 1. The van der Waals surface area contributed by atoms with Gasteiger partial charge in [0.1, 0.15) is 5.75 Å². The van der Waals surface area contributed by atoms with Crippen molar-refractivity contribution in [2.24, 2.45) is 0 Å². The topological polar surface area (TPSA) is 48.2 Å². The van der Waals surface area contributed by atoms with E-state index in [0.717, 1.165) is 16.9 Å². The molecule has 3 aromatic rings. The second-order valence-electron chi connectivity index (χ2n) is 4.00. The molecule has 3 rings (SSSR count). The minimum absolute atomic E-state index is 0.567. The highest BCUT2D eigenvalue weighted by atomic mass is 16.5. The van der Waals surface area contributed by atoms with Crippen molar-refractivity contribution in [2.75, 3.05) is 7.11 Å². The quantitative estimate of drug-likeness (QED) is 0.716. The van der Waals surface area contributed by atoms with Crippen LogP contribution in [0.1, 0.15) is 0 Å². The summed E-state index contributed by atoms with van der Waals surface area (Å²) in [6.07, 6.45) is 5.17. The number of oxazole rings is 1. The van der Waals surface area contributed by atoms with Crippen molar-refractivity contribution in [3.05, 3.63) is 55.0 Å². The van der Waals surface area contributed by atoms with Crippen LogP contribution in [-0.4, -0.2) is 17.1 Å². The van der Waals surface area contributed by atoms with Crippen molar-refractivity contribution in [1.82, 2.24) is 9.97 Å². The Kier molecular flexibility index (Phi) is 2.98. The molecule has 19 heavy (non-hydrogen) atoms. The molecular formula is C15H12N2O2. The molecule has 94 valence electrons.